The number of hydrogen-bond acceptors (Lipinski definition) is 5. The Morgan fingerprint density at radius 2 is 1.61 bits per heavy atom. The van der Waals surface area contributed by atoms with Crippen molar-refractivity contribution in [3.05, 3.63) is 88.4 Å². The van der Waals surface area contributed by atoms with Crippen molar-refractivity contribution in [2.75, 3.05) is 25.6 Å². The number of methoxy groups -OCH3 is 2. The van der Waals surface area contributed by atoms with E-state index in [1.54, 1.807) is 31.4 Å². The Labute approximate surface area is 198 Å². The second-order valence-corrected chi connectivity index (χ2v) is 9.62. The van der Waals surface area contributed by atoms with Crippen LogP contribution in [-0.4, -0.2) is 35.6 Å². The van der Waals surface area contributed by atoms with Gasteiger partial charge in [-0.15, -0.1) is 0 Å². The normalized spacial score (nSPS) is 11.2. The van der Waals surface area contributed by atoms with E-state index in [-0.39, 0.29) is 22.0 Å². The van der Waals surface area contributed by atoms with Gasteiger partial charge in [0.1, 0.15) is 5.75 Å². The Balaban J connectivity index is 1.77. The van der Waals surface area contributed by atoms with Gasteiger partial charge in [-0.1, -0.05) is 35.9 Å². The molecule has 0 unspecified atom stereocenters. The fourth-order valence-corrected chi connectivity index (χ4v) is 4.55. The van der Waals surface area contributed by atoms with Crippen LogP contribution < -0.4 is 14.4 Å². The van der Waals surface area contributed by atoms with Crippen LogP contribution in [0.5, 0.6) is 5.75 Å². The molecule has 0 fully saturated rings. The molecule has 3 aromatic carbocycles. The van der Waals surface area contributed by atoms with E-state index in [1.165, 1.54) is 32.4 Å². The molecule has 0 aliphatic carbocycles. The van der Waals surface area contributed by atoms with Crippen LogP contribution in [-0.2, 0) is 27.9 Å². The van der Waals surface area contributed by atoms with Gasteiger partial charge in [0.25, 0.3) is 15.9 Å². The van der Waals surface area contributed by atoms with Crippen molar-refractivity contribution in [3.8, 4) is 5.75 Å². The van der Waals surface area contributed by atoms with Crippen LogP contribution in [0.1, 0.15) is 21.5 Å². The van der Waals surface area contributed by atoms with Crippen molar-refractivity contribution < 1.29 is 22.7 Å². The van der Waals surface area contributed by atoms with Gasteiger partial charge in [-0.25, -0.2) is 8.42 Å². The average molecular weight is 489 g/mol. The number of carbonyl (C=O) groups is 1. The van der Waals surface area contributed by atoms with Gasteiger partial charge in [-0.05, 0) is 53.6 Å². The van der Waals surface area contributed by atoms with Crippen LogP contribution in [0.25, 0.3) is 0 Å². The summed E-state index contributed by atoms with van der Waals surface area (Å²) in [6, 6.07) is 18.3. The van der Waals surface area contributed by atoms with Crippen LogP contribution in [0.4, 0.5) is 5.69 Å². The molecular weight excluding hydrogens is 464 g/mol. The number of nitrogens with one attached hydrogen (secondary N) is 1. The first-order valence-electron chi connectivity index (χ1n) is 10.0. The molecule has 0 saturated carbocycles. The summed E-state index contributed by atoms with van der Waals surface area (Å²) >= 11 is 6.21. The Morgan fingerprint density at radius 3 is 2.21 bits per heavy atom. The highest BCUT2D eigenvalue weighted by atomic mass is 35.5. The van der Waals surface area contributed by atoms with Crippen molar-refractivity contribution in [2.24, 2.45) is 0 Å². The van der Waals surface area contributed by atoms with Crippen molar-refractivity contribution in [2.45, 2.75) is 18.0 Å². The number of benzene rings is 3. The number of anilines is 1. The molecule has 0 radical (unpaired) electrons. The average Bonchev–Trinajstić information content (AvgIpc) is 2.83. The van der Waals surface area contributed by atoms with Gasteiger partial charge in [0.05, 0.1) is 34.9 Å². The summed E-state index contributed by atoms with van der Waals surface area (Å²) in [5, 5.41) is 2.94. The van der Waals surface area contributed by atoms with E-state index in [4.69, 9.17) is 21.1 Å². The van der Waals surface area contributed by atoms with E-state index in [0.717, 1.165) is 15.4 Å². The first kappa shape index (κ1) is 24.6. The van der Waals surface area contributed by atoms with Crippen molar-refractivity contribution in [3.63, 3.8) is 0 Å². The summed E-state index contributed by atoms with van der Waals surface area (Å²) in [5.74, 6) is 0.147. The minimum atomic E-state index is -3.92. The maximum atomic E-state index is 13.1. The molecule has 1 amide bonds. The number of halogens is 1. The minimum absolute atomic E-state index is 0.0423. The Bertz CT molecular complexity index is 1210. The predicted molar refractivity (Wildman–Crippen MR) is 128 cm³/mol. The molecule has 0 bridgehead atoms. The lowest BCUT2D eigenvalue weighted by Gasteiger charge is -2.20. The molecule has 0 heterocycles. The molecule has 0 aliphatic heterocycles. The van der Waals surface area contributed by atoms with E-state index in [0.29, 0.717) is 18.0 Å². The standard InChI is InChI=1S/C24H25ClN2O5S/c1-27(19-8-10-20(32-3)11-9-19)33(29,30)21-12-13-23(25)22(14-21)24(28)26-15-17-4-6-18(7-5-17)16-31-2/h4-14H,15-16H2,1-3H3,(H,26,28). The molecule has 3 rings (SSSR count). The Morgan fingerprint density at radius 1 is 0.970 bits per heavy atom. The van der Waals surface area contributed by atoms with Crippen LogP contribution in [0.15, 0.2) is 71.6 Å². The molecule has 1 N–H and O–H groups in total. The van der Waals surface area contributed by atoms with Gasteiger partial charge in [0, 0.05) is 20.7 Å². The highest BCUT2D eigenvalue weighted by Crippen LogP contribution is 2.27. The third-order valence-corrected chi connectivity index (χ3v) is 7.18. The number of amides is 1. The van der Waals surface area contributed by atoms with Crippen LogP contribution >= 0.6 is 11.6 Å². The number of hydrogen-bond donors (Lipinski definition) is 1. The minimum Gasteiger partial charge on any atom is -0.497 e. The first-order chi connectivity index (χ1) is 15.8. The quantitative estimate of drug-likeness (QED) is 0.486. The highest BCUT2D eigenvalue weighted by molar-refractivity contribution is 7.92. The Kier molecular flexibility index (Phi) is 7.97. The van der Waals surface area contributed by atoms with Crippen molar-refractivity contribution >= 4 is 33.2 Å². The van der Waals surface area contributed by atoms with E-state index in [1.807, 2.05) is 24.3 Å². The fourth-order valence-electron chi connectivity index (χ4n) is 3.13. The smallest absolute Gasteiger partial charge is 0.264 e. The van der Waals surface area contributed by atoms with Crippen LogP contribution in [0, 0.1) is 0 Å². The van der Waals surface area contributed by atoms with Gasteiger partial charge in [-0.2, -0.15) is 0 Å². The molecule has 3 aromatic rings. The van der Waals surface area contributed by atoms with E-state index in [2.05, 4.69) is 5.32 Å². The summed E-state index contributed by atoms with van der Waals surface area (Å²) in [6.07, 6.45) is 0. The lowest BCUT2D eigenvalue weighted by Crippen LogP contribution is -2.27. The molecule has 33 heavy (non-hydrogen) atoms. The van der Waals surface area contributed by atoms with E-state index < -0.39 is 15.9 Å². The predicted octanol–water partition coefficient (Wildman–Crippen LogP) is 4.25. The van der Waals surface area contributed by atoms with Crippen molar-refractivity contribution in [1.82, 2.24) is 5.32 Å². The summed E-state index contributed by atoms with van der Waals surface area (Å²) in [4.78, 5) is 12.7. The second-order valence-electron chi connectivity index (χ2n) is 7.24. The highest BCUT2D eigenvalue weighted by Gasteiger charge is 2.24. The summed E-state index contributed by atoms with van der Waals surface area (Å²) < 4.78 is 37.6. The monoisotopic (exact) mass is 488 g/mol. The van der Waals surface area contributed by atoms with Gasteiger partial charge in [0.2, 0.25) is 0 Å². The zero-order chi connectivity index (χ0) is 24.0. The van der Waals surface area contributed by atoms with E-state index in [9.17, 15) is 13.2 Å². The summed E-state index contributed by atoms with van der Waals surface area (Å²) in [7, 11) is 0.683. The van der Waals surface area contributed by atoms with Gasteiger partial charge < -0.3 is 14.8 Å². The maximum absolute atomic E-state index is 13.1. The topological polar surface area (TPSA) is 84.9 Å². The number of ether oxygens (including phenoxy) is 2. The summed E-state index contributed by atoms with van der Waals surface area (Å²) in [5.41, 5.74) is 2.45. The Hall–Kier alpha value is -3.07. The number of sulfonamides is 1. The maximum Gasteiger partial charge on any atom is 0.264 e. The number of rotatable bonds is 9. The molecular formula is C24H25ClN2O5S. The third kappa shape index (κ3) is 5.84. The van der Waals surface area contributed by atoms with Gasteiger partial charge in [0.15, 0.2) is 0 Å². The molecule has 0 saturated heterocycles. The molecule has 0 atom stereocenters. The molecule has 0 aliphatic rings. The molecule has 0 aromatic heterocycles. The van der Waals surface area contributed by atoms with Crippen LogP contribution in [0.3, 0.4) is 0 Å². The molecule has 7 nitrogen and oxygen atoms in total. The number of nitrogens with zero attached hydrogens (tertiary/aromatic N) is 1. The second kappa shape index (κ2) is 10.7. The van der Waals surface area contributed by atoms with Crippen molar-refractivity contribution in [1.29, 1.82) is 0 Å². The third-order valence-electron chi connectivity index (χ3n) is 5.06. The number of carbonyl (C=O) groups excluding carboxylic acids is 1. The van der Waals surface area contributed by atoms with Gasteiger partial charge >= 0.3 is 0 Å². The van der Waals surface area contributed by atoms with E-state index >= 15 is 0 Å². The van der Waals surface area contributed by atoms with Crippen LogP contribution in [0.2, 0.25) is 5.02 Å². The fraction of sp³-hybridized carbons (Fsp3) is 0.208. The molecule has 0 spiro atoms. The molecule has 174 valence electrons. The zero-order valence-electron chi connectivity index (χ0n) is 18.5. The summed E-state index contributed by atoms with van der Waals surface area (Å²) in [6.45, 7) is 0.777. The lowest BCUT2D eigenvalue weighted by atomic mass is 10.1. The first-order valence-corrected chi connectivity index (χ1v) is 11.9. The largest absolute Gasteiger partial charge is 0.497 e. The zero-order valence-corrected chi connectivity index (χ0v) is 20.1. The lowest BCUT2D eigenvalue weighted by molar-refractivity contribution is 0.0951. The van der Waals surface area contributed by atoms with Gasteiger partial charge in [-0.3, -0.25) is 9.10 Å². The SMILES string of the molecule is COCc1ccc(CNC(=O)c2cc(S(=O)(=O)N(C)c3ccc(OC)cc3)ccc2Cl)cc1. The molecule has 9 heteroatoms.